The van der Waals surface area contributed by atoms with E-state index in [0.717, 1.165) is 10.5 Å². The summed E-state index contributed by atoms with van der Waals surface area (Å²) in [6.45, 7) is 1.92. The number of thioether (sulfide) groups is 1. The third-order valence-corrected chi connectivity index (χ3v) is 3.95. The molecule has 0 unspecified atom stereocenters. The van der Waals surface area contributed by atoms with E-state index in [0.29, 0.717) is 11.4 Å². The van der Waals surface area contributed by atoms with Crippen LogP contribution in [0.5, 0.6) is 0 Å². The SMILES string of the molecule is Cc1c(N)cccc1SCC(=O)Nc1cccc(F)c1. The average molecular weight is 290 g/mol. The number of amides is 1. The van der Waals surface area contributed by atoms with Crippen LogP contribution in [0.4, 0.5) is 15.8 Å². The first-order chi connectivity index (χ1) is 9.56. The van der Waals surface area contributed by atoms with E-state index in [2.05, 4.69) is 5.32 Å². The van der Waals surface area contributed by atoms with Gasteiger partial charge < -0.3 is 11.1 Å². The van der Waals surface area contributed by atoms with Crippen molar-refractivity contribution >= 4 is 29.0 Å². The van der Waals surface area contributed by atoms with Crippen molar-refractivity contribution in [1.29, 1.82) is 0 Å². The molecule has 0 aliphatic carbocycles. The number of nitrogens with one attached hydrogen (secondary N) is 1. The highest BCUT2D eigenvalue weighted by Crippen LogP contribution is 2.26. The topological polar surface area (TPSA) is 55.1 Å². The van der Waals surface area contributed by atoms with E-state index in [1.807, 2.05) is 25.1 Å². The van der Waals surface area contributed by atoms with Crippen molar-refractivity contribution in [2.24, 2.45) is 0 Å². The highest BCUT2D eigenvalue weighted by atomic mass is 32.2. The van der Waals surface area contributed by atoms with Gasteiger partial charge in [-0.3, -0.25) is 4.79 Å². The Bertz CT molecular complexity index is 631. The van der Waals surface area contributed by atoms with E-state index in [1.165, 1.54) is 23.9 Å². The standard InChI is InChI=1S/C15H15FN2OS/c1-10-13(17)6-3-7-14(10)20-9-15(19)18-12-5-2-4-11(16)8-12/h2-8H,9,17H2,1H3,(H,18,19). The van der Waals surface area contributed by atoms with Crippen LogP contribution in [0.15, 0.2) is 47.4 Å². The number of carbonyl (C=O) groups is 1. The quantitative estimate of drug-likeness (QED) is 0.670. The van der Waals surface area contributed by atoms with Gasteiger partial charge in [0.1, 0.15) is 5.82 Å². The Morgan fingerprint density at radius 3 is 2.80 bits per heavy atom. The van der Waals surface area contributed by atoms with Crippen LogP contribution in [0, 0.1) is 12.7 Å². The zero-order valence-electron chi connectivity index (χ0n) is 11.0. The number of rotatable bonds is 4. The Morgan fingerprint density at radius 2 is 2.05 bits per heavy atom. The van der Waals surface area contributed by atoms with Crippen molar-refractivity contribution < 1.29 is 9.18 Å². The van der Waals surface area contributed by atoms with Crippen LogP contribution in [0.2, 0.25) is 0 Å². The van der Waals surface area contributed by atoms with Gasteiger partial charge in [-0.05, 0) is 42.8 Å². The predicted octanol–water partition coefficient (Wildman–Crippen LogP) is 3.45. The fourth-order valence-electron chi connectivity index (χ4n) is 1.69. The van der Waals surface area contributed by atoms with E-state index in [-0.39, 0.29) is 17.5 Å². The molecule has 0 atom stereocenters. The van der Waals surface area contributed by atoms with E-state index in [1.54, 1.807) is 12.1 Å². The van der Waals surface area contributed by atoms with E-state index < -0.39 is 0 Å². The second-order valence-corrected chi connectivity index (χ2v) is 5.33. The second-order valence-electron chi connectivity index (χ2n) is 4.32. The van der Waals surface area contributed by atoms with Gasteiger partial charge in [0.25, 0.3) is 0 Å². The Hall–Kier alpha value is -2.01. The number of nitrogen functional groups attached to an aromatic ring is 1. The first kappa shape index (κ1) is 14.4. The first-order valence-corrected chi connectivity index (χ1v) is 7.08. The summed E-state index contributed by atoms with van der Waals surface area (Å²) in [5.41, 5.74) is 7.95. The van der Waals surface area contributed by atoms with Crippen LogP contribution in [0.3, 0.4) is 0 Å². The van der Waals surface area contributed by atoms with Crippen LogP contribution in [0.25, 0.3) is 0 Å². The Labute approximate surface area is 121 Å². The summed E-state index contributed by atoms with van der Waals surface area (Å²) in [4.78, 5) is 12.8. The summed E-state index contributed by atoms with van der Waals surface area (Å²) >= 11 is 1.41. The fraction of sp³-hybridized carbons (Fsp3) is 0.133. The van der Waals surface area contributed by atoms with Crippen molar-refractivity contribution in [3.05, 3.63) is 53.8 Å². The largest absolute Gasteiger partial charge is 0.398 e. The van der Waals surface area contributed by atoms with Crippen molar-refractivity contribution in [2.45, 2.75) is 11.8 Å². The maximum atomic E-state index is 13.0. The first-order valence-electron chi connectivity index (χ1n) is 6.09. The van der Waals surface area contributed by atoms with Gasteiger partial charge in [-0.25, -0.2) is 4.39 Å². The van der Waals surface area contributed by atoms with Crippen LogP contribution < -0.4 is 11.1 Å². The number of hydrogen-bond acceptors (Lipinski definition) is 3. The minimum Gasteiger partial charge on any atom is -0.398 e. The van der Waals surface area contributed by atoms with Gasteiger partial charge in [-0.2, -0.15) is 0 Å². The Kier molecular flexibility index (Phi) is 4.63. The molecule has 0 radical (unpaired) electrons. The molecule has 0 spiro atoms. The molecule has 0 aliphatic heterocycles. The average Bonchev–Trinajstić information content (AvgIpc) is 2.40. The maximum absolute atomic E-state index is 13.0. The van der Waals surface area contributed by atoms with Gasteiger partial charge in [-0.15, -0.1) is 11.8 Å². The molecular formula is C15H15FN2OS. The molecule has 0 saturated carbocycles. The molecule has 0 fully saturated rings. The lowest BCUT2D eigenvalue weighted by atomic mass is 10.2. The van der Waals surface area contributed by atoms with Crippen molar-refractivity contribution in [2.75, 3.05) is 16.8 Å². The highest BCUT2D eigenvalue weighted by molar-refractivity contribution is 8.00. The monoisotopic (exact) mass is 290 g/mol. The minimum absolute atomic E-state index is 0.178. The molecule has 20 heavy (non-hydrogen) atoms. The number of anilines is 2. The smallest absolute Gasteiger partial charge is 0.234 e. The van der Waals surface area contributed by atoms with Crippen molar-refractivity contribution in [3.63, 3.8) is 0 Å². The number of benzene rings is 2. The zero-order chi connectivity index (χ0) is 14.5. The molecule has 0 aromatic heterocycles. The van der Waals surface area contributed by atoms with Gasteiger partial charge >= 0.3 is 0 Å². The summed E-state index contributed by atoms with van der Waals surface area (Å²) in [5.74, 6) is -0.301. The van der Waals surface area contributed by atoms with Gasteiger partial charge in [0, 0.05) is 16.3 Å². The molecule has 3 N–H and O–H groups in total. The molecule has 2 rings (SSSR count). The summed E-state index contributed by atoms with van der Waals surface area (Å²) in [7, 11) is 0. The molecule has 2 aromatic rings. The molecule has 0 saturated heterocycles. The van der Waals surface area contributed by atoms with Crippen LogP contribution in [-0.2, 0) is 4.79 Å². The lowest BCUT2D eigenvalue weighted by Gasteiger charge is -2.08. The molecule has 0 aliphatic rings. The number of carbonyl (C=O) groups excluding carboxylic acids is 1. The van der Waals surface area contributed by atoms with Crippen molar-refractivity contribution in [3.8, 4) is 0 Å². The molecule has 0 bridgehead atoms. The van der Waals surface area contributed by atoms with Crippen LogP contribution >= 0.6 is 11.8 Å². The molecule has 2 aromatic carbocycles. The summed E-state index contributed by atoms with van der Waals surface area (Å²) in [6, 6.07) is 11.4. The molecule has 3 nitrogen and oxygen atoms in total. The lowest BCUT2D eigenvalue weighted by Crippen LogP contribution is -2.14. The summed E-state index contributed by atoms with van der Waals surface area (Å²) in [5, 5.41) is 2.66. The van der Waals surface area contributed by atoms with Crippen LogP contribution in [-0.4, -0.2) is 11.7 Å². The van der Waals surface area contributed by atoms with Crippen molar-refractivity contribution in [1.82, 2.24) is 0 Å². The van der Waals surface area contributed by atoms with E-state index in [9.17, 15) is 9.18 Å². The molecule has 5 heteroatoms. The third kappa shape index (κ3) is 3.74. The number of nitrogens with two attached hydrogens (primary N) is 1. The summed E-state index contributed by atoms with van der Waals surface area (Å²) < 4.78 is 13.0. The maximum Gasteiger partial charge on any atom is 0.234 e. The van der Waals surface area contributed by atoms with Gasteiger partial charge in [-0.1, -0.05) is 12.1 Å². The molecular weight excluding hydrogens is 275 g/mol. The van der Waals surface area contributed by atoms with Gasteiger partial charge in [0.05, 0.1) is 5.75 Å². The minimum atomic E-state index is -0.373. The lowest BCUT2D eigenvalue weighted by molar-refractivity contribution is -0.113. The molecule has 0 heterocycles. The zero-order valence-corrected chi connectivity index (χ0v) is 11.8. The fourth-order valence-corrected chi connectivity index (χ4v) is 2.56. The second kappa shape index (κ2) is 6.43. The molecule has 104 valence electrons. The predicted molar refractivity (Wildman–Crippen MR) is 81.3 cm³/mol. The normalized spacial score (nSPS) is 10.3. The number of halogens is 1. The van der Waals surface area contributed by atoms with Gasteiger partial charge in [0.15, 0.2) is 0 Å². The highest BCUT2D eigenvalue weighted by Gasteiger charge is 2.07. The Morgan fingerprint density at radius 1 is 1.30 bits per heavy atom. The summed E-state index contributed by atoms with van der Waals surface area (Å²) in [6.07, 6.45) is 0. The number of hydrogen-bond donors (Lipinski definition) is 2. The Balaban J connectivity index is 1.94. The van der Waals surface area contributed by atoms with Crippen LogP contribution in [0.1, 0.15) is 5.56 Å². The van der Waals surface area contributed by atoms with Gasteiger partial charge in [0.2, 0.25) is 5.91 Å². The van der Waals surface area contributed by atoms with E-state index >= 15 is 0 Å². The molecule has 1 amide bonds. The van der Waals surface area contributed by atoms with E-state index in [4.69, 9.17) is 5.73 Å². The third-order valence-electron chi connectivity index (χ3n) is 2.79.